The van der Waals surface area contributed by atoms with Crippen LogP contribution in [0.25, 0.3) is 22.7 Å². The number of nitrogens with zero attached hydrogens (tertiary/aromatic N) is 5. The number of fused-ring (bicyclic) bond motifs is 1. The maximum atomic E-state index is 15.0. The molecule has 0 unspecified atom stereocenters. The Morgan fingerprint density at radius 1 is 1.06 bits per heavy atom. The van der Waals surface area contributed by atoms with E-state index in [2.05, 4.69) is 20.3 Å². The summed E-state index contributed by atoms with van der Waals surface area (Å²) < 4.78 is 24.2. The molecule has 0 bridgehead atoms. The molecule has 0 saturated heterocycles. The van der Waals surface area contributed by atoms with E-state index in [4.69, 9.17) is 16.3 Å². The Bertz CT molecular complexity index is 1440. The van der Waals surface area contributed by atoms with Crippen LogP contribution in [0.1, 0.15) is 5.69 Å². The molecule has 32 heavy (non-hydrogen) atoms. The van der Waals surface area contributed by atoms with E-state index in [-0.39, 0.29) is 5.15 Å². The first kappa shape index (κ1) is 20.0. The van der Waals surface area contributed by atoms with Gasteiger partial charge in [0.15, 0.2) is 0 Å². The van der Waals surface area contributed by atoms with E-state index in [0.717, 1.165) is 17.1 Å². The molecule has 3 heterocycles. The van der Waals surface area contributed by atoms with Crippen molar-refractivity contribution in [2.75, 3.05) is 12.4 Å². The number of benzene rings is 2. The van der Waals surface area contributed by atoms with Crippen molar-refractivity contribution >= 4 is 28.6 Å². The van der Waals surface area contributed by atoms with Crippen molar-refractivity contribution in [1.82, 2.24) is 23.9 Å². The summed E-state index contributed by atoms with van der Waals surface area (Å²) in [5.74, 6) is 0.614. The molecule has 0 aliphatic carbocycles. The number of aromatic nitrogens is 5. The second kappa shape index (κ2) is 7.97. The zero-order valence-corrected chi connectivity index (χ0v) is 18.0. The predicted molar refractivity (Wildman–Crippen MR) is 122 cm³/mol. The Morgan fingerprint density at radius 3 is 2.62 bits per heavy atom. The molecular formula is C23H18ClFN6O. The van der Waals surface area contributed by atoms with E-state index in [1.54, 1.807) is 48.4 Å². The van der Waals surface area contributed by atoms with Crippen LogP contribution in [-0.2, 0) is 0 Å². The fraction of sp³-hybridized carbons (Fsp3) is 0.0870. The fourth-order valence-corrected chi connectivity index (χ4v) is 3.72. The third-order valence-corrected chi connectivity index (χ3v) is 5.22. The van der Waals surface area contributed by atoms with E-state index in [0.29, 0.717) is 28.5 Å². The Hall–Kier alpha value is -3.91. The highest BCUT2D eigenvalue weighted by Crippen LogP contribution is 2.31. The molecule has 0 saturated carbocycles. The summed E-state index contributed by atoms with van der Waals surface area (Å²) in [5.41, 5.74) is 4.03. The number of hydrogen-bond donors (Lipinski definition) is 1. The SMILES string of the molecule is COc1cc(Nc2ccc(-c3nc(Cl)cc4nccn34)c(F)c2)ccc1-n1cnc(C)c1. The van der Waals surface area contributed by atoms with Crippen LogP contribution in [0.4, 0.5) is 15.8 Å². The Kier molecular flexibility index (Phi) is 4.99. The zero-order valence-electron chi connectivity index (χ0n) is 17.3. The summed E-state index contributed by atoms with van der Waals surface area (Å²) in [5, 5.41) is 3.47. The lowest BCUT2D eigenvalue weighted by molar-refractivity contribution is 0.413. The van der Waals surface area contributed by atoms with Crippen LogP contribution < -0.4 is 10.1 Å². The van der Waals surface area contributed by atoms with Gasteiger partial charge in [0.2, 0.25) is 0 Å². The van der Waals surface area contributed by atoms with Crippen LogP contribution in [0, 0.1) is 12.7 Å². The van der Waals surface area contributed by atoms with Crippen LogP contribution in [-0.4, -0.2) is 31.0 Å². The van der Waals surface area contributed by atoms with Crippen LogP contribution >= 0.6 is 11.6 Å². The summed E-state index contributed by atoms with van der Waals surface area (Å²) in [6.07, 6.45) is 6.98. The second-order valence-corrected chi connectivity index (χ2v) is 7.57. The molecule has 0 atom stereocenters. The minimum atomic E-state index is -0.433. The molecule has 3 aromatic heterocycles. The average Bonchev–Trinajstić information content (AvgIpc) is 3.42. The number of ether oxygens (including phenoxy) is 1. The monoisotopic (exact) mass is 448 g/mol. The molecule has 0 amide bonds. The number of halogens is 2. The summed E-state index contributed by atoms with van der Waals surface area (Å²) in [7, 11) is 1.61. The number of methoxy groups -OCH3 is 1. The highest BCUT2D eigenvalue weighted by atomic mass is 35.5. The Balaban J connectivity index is 1.45. The van der Waals surface area contributed by atoms with Gasteiger partial charge in [0.25, 0.3) is 0 Å². The normalized spacial score (nSPS) is 11.1. The van der Waals surface area contributed by atoms with Gasteiger partial charge >= 0.3 is 0 Å². The van der Waals surface area contributed by atoms with E-state index in [9.17, 15) is 0 Å². The van der Waals surface area contributed by atoms with Crippen molar-refractivity contribution in [3.63, 3.8) is 0 Å². The van der Waals surface area contributed by atoms with Crippen LogP contribution in [0.15, 0.2) is 67.4 Å². The van der Waals surface area contributed by atoms with Gasteiger partial charge in [-0.15, -0.1) is 0 Å². The van der Waals surface area contributed by atoms with Crippen LogP contribution in [0.5, 0.6) is 5.75 Å². The van der Waals surface area contributed by atoms with E-state index in [1.165, 1.54) is 6.07 Å². The average molecular weight is 449 g/mol. The highest BCUT2D eigenvalue weighted by Gasteiger charge is 2.14. The van der Waals surface area contributed by atoms with Gasteiger partial charge < -0.3 is 14.6 Å². The van der Waals surface area contributed by atoms with Crippen LogP contribution in [0.2, 0.25) is 5.15 Å². The maximum Gasteiger partial charge on any atom is 0.150 e. The van der Waals surface area contributed by atoms with Gasteiger partial charge in [0, 0.05) is 42.1 Å². The molecule has 0 radical (unpaired) electrons. The molecule has 7 nitrogen and oxygen atoms in total. The number of aryl methyl sites for hydroxylation is 1. The first-order chi connectivity index (χ1) is 15.5. The van der Waals surface area contributed by atoms with Crippen molar-refractivity contribution in [2.24, 2.45) is 0 Å². The van der Waals surface area contributed by atoms with Crippen molar-refractivity contribution in [2.45, 2.75) is 6.92 Å². The minimum Gasteiger partial charge on any atom is -0.494 e. The smallest absolute Gasteiger partial charge is 0.150 e. The molecule has 1 N–H and O–H groups in total. The Labute approximate surface area is 188 Å². The predicted octanol–water partition coefficient (Wildman–Crippen LogP) is 5.44. The van der Waals surface area contributed by atoms with Gasteiger partial charge in [0.1, 0.15) is 28.2 Å². The molecule has 0 aliphatic rings. The first-order valence-corrected chi connectivity index (χ1v) is 10.1. The second-order valence-electron chi connectivity index (χ2n) is 7.19. The van der Waals surface area contributed by atoms with E-state index < -0.39 is 5.82 Å². The number of imidazole rings is 2. The maximum absolute atomic E-state index is 15.0. The zero-order chi connectivity index (χ0) is 22.2. The lowest BCUT2D eigenvalue weighted by Gasteiger charge is -2.13. The first-order valence-electron chi connectivity index (χ1n) is 9.77. The fourth-order valence-electron chi connectivity index (χ4n) is 3.55. The number of anilines is 2. The molecule has 0 aliphatic heterocycles. The van der Waals surface area contributed by atoms with Gasteiger partial charge in [-0.05, 0) is 37.3 Å². The summed E-state index contributed by atoms with van der Waals surface area (Å²) >= 11 is 6.09. The third-order valence-electron chi connectivity index (χ3n) is 5.03. The topological polar surface area (TPSA) is 69.3 Å². The van der Waals surface area contributed by atoms with E-state index in [1.807, 2.05) is 35.9 Å². The lowest BCUT2D eigenvalue weighted by atomic mass is 10.1. The molecule has 160 valence electrons. The number of hydrogen-bond acceptors (Lipinski definition) is 5. The third kappa shape index (κ3) is 3.65. The lowest BCUT2D eigenvalue weighted by Crippen LogP contribution is -2.00. The quantitative estimate of drug-likeness (QED) is 0.363. The van der Waals surface area contributed by atoms with Crippen molar-refractivity contribution in [3.05, 3.63) is 84.0 Å². The van der Waals surface area contributed by atoms with Crippen molar-refractivity contribution in [3.8, 4) is 22.8 Å². The van der Waals surface area contributed by atoms with Gasteiger partial charge in [-0.2, -0.15) is 0 Å². The van der Waals surface area contributed by atoms with Crippen molar-refractivity contribution in [1.29, 1.82) is 0 Å². The molecule has 2 aromatic carbocycles. The molecular weight excluding hydrogens is 431 g/mol. The van der Waals surface area contributed by atoms with Gasteiger partial charge in [-0.1, -0.05) is 11.6 Å². The molecule has 5 aromatic rings. The van der Waals surface area contributed by atoms with Gasteiger partial charge in [-0.3, -0.25) is 4.40 Å². The standard InChI is InChI=1S/C23H18ClFN6O/c1-14-12-30(13-27-14)19-6-4-16(10-20(19)32-2)28-15-3-5-17(18(25)9-15)23-29-21(24)11-22-26-7-8-31(22)23/h3-13,28H,1-2H3. The minimum absolute atomic E-state index is 0.251. The highest BCUT2D eigenvalue weighted by molar-refractivity contribution is 6.29. The molecule has 0 spiro atoms. The van der Waals surface area contributed by atoms with Gasteiger partial charge in [0.05, 0.1) is 30.4 Å². The number of rotatable bonds is 5. The van der Waals surface area contributed by atoms with Gasteiger partial charge in [-0.25, -0.2) is 19.3 Å². The molecule has 5 rings (SSSR count). The number of nitrogens with one attached hydrogen (secondary N) is 1. The summed E-state index contributed by atoms with van der Waals surface area (Å²) in [6.45, 7) is 1.92. The summed E-state index contributed by atoms with van der Waals surface area (Å²) in [4.78, 5) is 12.7. The Morgan fingerprint density at radius 2 is 1.88 bits per heavy atom. The van der Waals surface area contributed by atoms with E-state index >= 15 is 4.39 Å². The molecule has 9 heteroatoms. The summed E-state index contributed by atoms with van der Waals surface area (Å²) in [6, 6.07) is 12.1. The van der Waals surface area contributed by atoms with Crippen molar-refractivity contribution < 1.29 is 9.13 Å². The molecule has 0 fully saturated rings. The largest absolute Gasteiger partial charge is 0.494 e. The van der Waals surface area contributed by atoms with Crippen LogP contribution in [0.3, 0.4) is 0 Å².